The molecule has 0 saturated carbocycles. The Morgan fingerprint density at radius 3 is 2.08 bits per heavy atom. The summed E-state index contributed by atoms with van der Waals surface area (Å²) in [6, 6.07) is 1.39. The monoisotopic (exact) mass is 601 g/mol. The Balaban J connectivity index is 2.06. The van der Waals surface area contributed by atoms with Crippen LogP contribution >= 0.6 is 23.2 Å². The highest BCUT2D eigenvalue weighted by Crippen LogP contribution is 2.29. The van der Waals surface area contributed by atoms with Crippen LogP contribution in [0.4, 0.5) is 0 Å². The molecule has 0 radical (unpaired) electrons. The second-order valence-electron chi connectivity index (χ2n) is 9.83. The summed E-state index contributed by atoms with van der Waals surface area (Å²) in [6.45, 7) is 1.46. The Morgan fingerprint density at radius 1 is 0.875 bits per heavy atom. The van der Waals surface area contributed by atoms with Gasteiger partial charge in [0.1, 0.15) is 24.2 Å². The maximum atomic E-state index is 13.5. The summed E-state index contributed by atoms with van der Waals surface area (Å²) in [5.41, 5.74) is 0.513. The van der Waals surface area contributed by atoms with Crippen molar-refractivity contribution in [2.24, 2.45) is 0 Å². The fraction of sp³-hybridized carbons (Fsp3) is 0.560. The minimum absolute atomic E-state index is 0.202. The number of aliphatic hydroxyl groups is 3. The number of carbonyl (C=O) groups is 5. The molecule has 2 fully saturated rings. The number of nitrogens with zero attached hydrogens (tertiary/aromatic N) is 1. The van der Waals surface area contributed by atoms with Gasteiger partial charge in [-0.15, -0.1) is 23.2 Å². The molecule has 13 nitrogen and oxygen atoms in total. The standard InChI is InChI=1S/C25H33Cl2N5O8/c1-11(34)19-23(38)29-16(10-33)22(37)28-15(13-6-4-3-5-7-13)8-17(36)30-20(12(2)35)25(40)32-9-14(26)18(27)21(32)24(39)31-19/h3-7,11-12,14-16,18-21,33-35H,8-10H2,1-2H3,(H,28,37)(H,29,38)(H,30,36)(H,31,39). The zero-order chi connectivity index (χ0) is 29.7. The average molecular weight is 602 g/mol. The number of fused-ring (bicyclic) bond motifs is 1. The molecule has 0 bridgehead atoms. The van der Waals surface area contributed by atoms with E-state index in [0.29, 0.717) is 5.56 Å². The summed E-state index contributed by atoms with van der Waals surface area (Å²) in [6.07, 6.45) is -3.24. The van der Waals surface area contributed by atoms with E-state index >= 15 is 0 Å². The van der Waals surface area contributed by atoms with Crippen molar-refractivity contribution in [2.45, 2.75) is 73.4 Å². The zero-order valence-electron chi connectivity index (χ0n) is 21.8. The SMILES string of the molecule is CC(O)C1NC(=O)C2C(Cl)C(Cl)CN2C(=O)C(C(C)O)NC(=O)CC(c2ccccc2)NC(=O)C(CO)NC1=O. The number of nitrogens with one attached hydrogen (secondary N) is 4. The molecule has 15 heteroatoms. The molecular formula is C25H33Cl2N5O8. The first-order chi connectivity index (χ1) is 18.8. The molecule has 0 aromatic heterocycles. The third-order valence-electron chi connectivity index (χ3n) is 6.76. The van der Waals surface area contributed by atoms with Crippen LogP contribution in [0.25, 0.3) is 0 Å². The van der Waals surface area contributed by atoms with Crippen molar-refractivity contribution in [3.63, 3.8) is 0 Å². The molecule has 0 aliphatic carbocycles. The van der Waals surface area contributed by atoms with Gasteiger partial charge in [0.2, 0.25) is 29.5 Å². The second-order valence-corrected chi connectivity index (χ2v) is 10.9. The topological polar surface area (TPSA) is 197 Å². The van der Waals surface area contributed by atoms with Crippen LogP contribution in [-0.4, -0.2) is 110 Å². The maximum absolute atomic E-state index is 13.5. The Morgan fingerprint density at radius 2 is 1.50 bits per heavy atom. The fourth-order valence-corrected chi connectivity index (χ4v) is 5.20. The minimum atomic E-state index is -1.60. The van der Waals surface area contributed by atoms with Gasteiger partial charge in [-0.05, 0) is 19.4 Å². The van der Waals surface area contributed by atoms with Gasteiger partial charge in [0.05, 0.1) is 42.0 Å². The summed E-state index contributed by atoms with van der Waals surface area (Å²) in [4.78, 5) is 67.1. The van der Waals surface area contributed by atoms with Crippen LogP contribution in [0.3, 0.4) is 0 Å². The fourth-order valence-electron chi connectivity index (χ4n) is 4.58. The molecule has 2 aliphatic rings. The molecule has 2 heterocycles. The second kappa shape index (κ2) is 13.6. The van der Waals surface area contributed by atoms with E-state index in [2.05, 4.69) is 21.3 Å². The lowest BCUT2D eigenvalue weighted by Crippen LogP contribution is -2.62. The number of alkyl halides is 2. The van der Waals surface area contributed by atoms with Crippen LogP contribution in [-0.2, 0) is 24.0 Å². The van der Waals surface area contributed by atoms with E-state index in [1.807, 2.05) is 0 Å². The normalized spacial score (nSPS) is 32.3. The molecule has 40 heavy (non-hydrogen) atoms. The van der Waals surface area contributed by atoms with Crippen molar-refractivity contribution in [2.75, 3.05) is 13.2 Å². The first-order valence-corrected chi connectivity index (χ1v) is 13.5. The van der Waals surface area contributed by atoms with Crippen molar-refractivity contribution >= 4 is 52.7 Å². The molecule has 2 saturated heterocycles. The minimum Gasteiger partial charge on any atom is -0.394 e. The van der Waals surface area contributed by atoms with Gasteiger partial charge < -0.3 is 41.5 Å². The van der Waals surface area contributed by atoms with E-state index in [1.54, 1.807) is 30.3 Å². The molecule has 1 aromatic rings. The van der Waals surface area contributed by atoms with E-state index in [-0.39, 0.29) is 13.0 Å². The van der Waals surface area contributed by atoms with Crippen molar-refractivity contribution in [1.29, 1.82) is 0 Å². The van der Waals surface area contributed by atoms with Crippen LogP contribution in [0.5, 0.6) is 0 Å². The number of amides is 5. The molecule has 9 atom stereocenters. The molecule has 9 unspecified atom stereocenters. The average Bonchev–Trinajstić information content (AvgIpc) is 3.21. The predicted molar refractivity (Wildman–Crippen MR) is 143 cm³/mol. The Kier molecular flexibility index (Phi) is 10.7. The third kappa shape index (κ3) is 7.21. The lowest BCUT2D eigenvalue weighted by atomic mass is 10.0. The van der Waals surface area contributed by atoms with Crippen LogP contribution in [0, 0.1) is 0 Å². The summed E-state index contributed by atoms with van der Waals surface area (Å²) in [5.74, 6) is -4.34. The van der Waals surface area contributed by atoms with Crippen LogP contribution < -0.4 is 21.3 Å². The Bertz CT molecular complexity index is 1110. The molecule has 220 valence electrons. The van der Waals surface area contributed by atoms with Crippen LogP contribution in [0.15, 0.2) is 30.3 Å². The van der Waals surface area contributed by atoms with Gasteiger partial charge in [-0.3, -0.25) is 24.0 Å². The number of carbonyl (C=O) groups excluding carboxylic acids is 5. The number of hydrogen-bond donors (Lipinski definition) is 7. The summed E-state index contributed by atoms with van der Waals surface area (Å²) < 4.78 is 0. The maximum Gasteiger partial charge on any atom is 0.248 e. The first-order valence-electron chi connectivity index (χ1n) is 12.7. The van der Waals surface area contributed by atoms with E-state index in [9.17, 15) is 39.3 Å². The number of aliphatic hydroxyl groups excluding tert-OH is 3. The molecule has 2 aliphatic heterocycles. The van der Waals surface area contributed by atoms with Crippen molar-refractivity contribution < 1.29 is 39.3 Å². The smallest absolute Gasteiger partial charge is 0.248 e. The Labute approximate surface area is 240 Å². The van der Waals surface area contributed by atoms with Crippen molar-refractivity contribution in [3.8, 4) is 0 Å². The highest BCUT2D eigenvalue weighted by atomic mass is 35.5. The van der Waals surface area contributed by atoms with Crippen molar-refractivity contribution in [1.82, 2.24) is 26.2 Å². The third-order valence-corrected chi connectivity index (χ3v) is 7.84. The molecule has 0 spiro atoms. The molecule has 5 amide bonds. The number of rotatable bonds is 4. The molecule has 1 aromatic carbocycles. The number of hydrogen-bond acceptors (Lipinski definition) is 8. The largest absolute Gasteiger partial charge is 0.394 e. The van der Waals surface area contributed by atoms with Gasteiger partial charge in [0, 0.05) is 6.54 Å². The summed E-state index contributed by atoms with van der Waals surface area (Å²) in [5, 5.41) is 38.2. The lowest BCUT2D eigenvalue weighted by Gasteiger charge is -2.32. The zero-order valence-corrected chi connectivity index (χ0v) is 23.3. The van der Waals surface area contributed by atoms with Gasteiger partial charge >= 0.3 is 0 Å². The van der Waals surface area contributed by atoms with Gasteiger partial charge in [0.15, 0.2) is 0 Å². The summed E-state index contributed by atoms with van der Waals surface area (Å²) in [7, 11) is 0. The van der Waals surface area contributed by atoms with E-state index < -0.39 is 89.3 Å². The van der Waals surface area contributed by atoms with Gasteiger partial charge in [-0.2, -0.15) is 0 Å². The number of benzene rings is 1. The van der Waals surface area contributed by atoms with Gasteiger partial charge in [0.25, 0.3) is 0 Å². The lowest BCUT2D eigenvalue weighted by molar-refractivity contribution is -0.145. The van der Waals surface area contributed by atoms with E-state index in [4.69, 9.17) is 23.2 Å². The molecular weight excluding hydrogens is 569 g/mol. The van der Waals surface area contributed by atoms with Crippen molar-refractivity contribution in [3.05, 3.63) is 35.9 Å². The Hall–Kier alpha value is -2.97. The van der Waals surface area contributed by atoms with Gasteiger partial charge in [-0.25, -0.2) is 0 Å². The predicted octanol–water partition coefficient (Wildman–Crippen LogP) is -2.12. The van der Waals surface area contributed by atoms with Crippen LogP contribution in [0.1, 0.15) is 31.9 Å². The van der Waals surface area contributed by atoms with E-state index in [0.717, 1.165) is 4.90 Å². The van der Waals surface area contributed by atoms with Crippen LogP contribution in [0.2, 0.25) is 0 Å². The highest BCUT2D eigenvalue weighted by molar-refractivity contribution is 6.32. The summed E-state index contributed by atoms with van der Waals surface area (Å²) >= 11 is 12.7. The number of halogens is 2. The van der Waals surface area contributed by atoms with E-state index in [1.165, 1.54) is 13.8 Å². The molecule has 7 N–H and O–H groups in total. The van der Waals surface area contributed by atoms with Gasteiger partial charge in [-0.1, -0.05) is 30.3 Å². The molecule has 3 rings (SSSR count). The highest BCUT2D eigenvalue weighted by Gasteiger charge is 2.49. The first kappa shape index (κ1) is 31.6. The quantitative estimate of drug-likeness (QED) is 0.190.